The highest BCUT2D eigenvalue weighted by molar-refractivity contribution is 9.10. The van der Waals surface area contributed by atoms with Gasteiger partial charge in [-0.25, -0.2) is 0 Å². The van der Waals surface area contributed by atoms with E-state index in [1.165, 1.54) is 4.90 Å². The molecule has 1 aliphatic rings. The number of hydrogen-bond acceptors (Lipinski definition) is 3. The molecular formula is C11H13BrO2S. The maximum atomic E-state index is 9.48. The number of aliphatic hydroxyl groups excluding tert-OH is 1. The average Bonchev–Trinajstić information content (AvgIpc) is 2.11. The first-order valence-electron chi connectivity index (χ1n) is 4.88. The van der Waals surface area contributed by atoms with Gasteiger partial charge in [0, 0.05) is 9.37 Å². The fourth-order valence-corrected chi connectivity index (χ4v) is 3.30. The monoisotopic (exact) mass is 288 g/mol. The third-order valence-corrected chi connectivity index (χ3v) is 4.15. The first kappa shape index (κ1) is 11.5. The lowest BCUT2D eigenvalue weighted by Crippen LogP contribution is -2.29. The smallest absolute Gasteiger partial charge is 0.0772 e. The third-order valence-electron chi connectivity index (χ3n) is 2.33. The summed E-state index contributed by atoms with van der Waals surface area (Å²) in [5, 5.41) is 10.1. The second-order valence-electron chi connectivity index (χ2n) is 3.64. The molecule has 0 aromatic heterocycles. The minimum atomic E-state index is -0.425. The number of halogens is 1. The number of ether oxygens (including phenoxy) is 1. The summed E-state index contributed by atoms with van der Waals surface area (Å²) in [6.07, 6.45) is -0.425. The zero-order valence-corrected chi connectivity index (χ0v) is 10.8. The maximum absolute atomic E-state index is 9.48. The van der Waals surface area contributed by atoms with Crippen molar-refractivity contribution in [2.45, 2.75) is 23.2 Å². The summed E-state index contributed by atoms with van der Waals surface area (Å²) >= 11 is 5.30. The van der Waals surface area contributed by atoms with Crippen molar-refractivity contribution >= 4 is 27.7 Å². The van der Waals surface area contributed by atoms with Gasteiger partial charge >= 0.3 is 0 Å². The summed E-state index contributed by atoms with van der Waals surface area (Å²) in [4.78, 5) is 1.22. The molecule has 82 valence electrons. The number of thioether (sulfide) groups is 1. The van der Waals surface area contributed by atoms with Crippen LogP contribution in [0.3, 0.4) is 0 Å². The number of hydrogen-bond donors (Lipinski definition) is 1. The molecule has 0 aliphatic carbocycles. The molecule has 15 heavy (non-hydrogen) atoms. The minimum Gasteiger partial charge on any atom is -0.389 e. The highest BCUT2D eigenvalue weighted by Gasteiger charge is 2.19. The van der Waals surface area contributed by atoms with Crippen LogP contribution in [-0.2, 0) is 4.74 Å². The van der Waals surface area contributed by atoms with Crippen LogP contribution in [0.15, 0.2) is 27.6 Å². The van der Waals surface area contributed by atoms with E-state index >= 15 is 0 Å². The molecule has 1 aromatic carbocycles. The molecule has 2 rings (SSSR count). The zero-order valence-electron chi connectivity index (χ0n) is 8.44. The van der Waals surface area contributed by atoms with Gasteiger partial charge in [0.2, 0.25) is 0 Å². The van der Waals surface area contributed by atoms with Crippen molar-refractivity contribution in [3.05, 3.63) is 28.2 Å². The Balaban J connectivity index is 2.10. The second-order valence-corrected chi connectivity index (χ2v) is 5.86. The third kappa shape index (κ3) is 2.75. The van der Waals surface area contributed by atoms with Crippen LogP contribution >= 0.6 is 27.7 Å². The first-order chi connectivity index (χ1) is 7.16. The fraction of sp³-hybridized carbons (Fsp3) is 0.455. The summed E-state index contributed by atoms with van der Waals surface area (Å²) in [5.74, 6) is 0. The molecule has 0 radical (unpaired) electrons. The van der Waals surface area contributed by atoms with Crippen LogP contribution in [0.2, 0.25) is 0 Å². The molecule has 0 unspecified atom stereocenters. The summed E-state index contributed by atoms with van der Waals surface area (Å²) in [7, 11) is 0. The predicted octanol–water partition coefficient (Wildman–Crippen LogP) is 2.99. The van der Waals surface area contributed by atoms with E-state index in [2.05, 4.69) is 28.1 Å². The van der Waals surface area contributed by atoms with Gasteiger partial charge in [-0.15, -0.1) is 11.8 Å². The quantitative estimate of drug-likeness (QED) is 0.927. The van der Waals surface area contributed by atoms with E-state index in [4.69, 9.17) is 4.74 Å². The van der Waals surface area contributed by atoms with Crippen LogP contribution in [0.25, 0.3) is 0 Å². The molecule has 1 saturated heterocycles. The normalized spacial score (nSPS) is 18.6. The Morgan fingerprint density at radius 3 is 2.73 bits per heavy atom. The lowest BCUT2D eigenvalue weighted by atomic mass is 10.1. The van der Waals surface area contributed by atoms with Gasteiger partial charge < -0.3 is 9.84 Å². The number of rotatable bonds is 3. The molecule has 2 nitrogen and oxygen atoms in total. The standard InChI is InChI=1S/C11H13BrO2S/c1-7(13)10-3-2-8(4-11(10)12)15-9-5-14-6-9/h2-4,7,9,13H,5-6H2,1H3/t7-/m0/s1. The molecule has 1 aromatic rings. The van der Waals surface area contributed by atoms with Crippen molar-refractivity contribution < 1.29 is 9.84 Å². The predicted molar refractivity (Wildman–Crippen MR) is 65.2 cm³/mol. The Morgan fingerprint density at radius 2 is 2.27 bits per heavy atom. The Kier molecular flexibility index (Phi) is 3.72. The largest absolute Gasteiger partial charge is 0.389 e. The molecule has 1 N–H and O–H groups in total. The van der Waals surface area contributed by atoms with Gasteiger partial charge in [-0.2, -0.15) is 0 Å². The van der Waals surface area contributed by atoms with Crippen molar-refractivity contribution in [2.24, 2.45) is 0 Å². The van der Waals surface area contributed by atoms with Crippen LogP contribution in [0, 0.1) is 0 Å². The zero-order chi connectivity index (χ0) is 10.8. The van der Waals surface area contributed by atoms with Gasteiger partial charge in [0.25, 0.3) is 0 Å². The first-order valence-corrected chi connectivity index (χ1v) is 6.56. The van der Waals surface area contributed by atoms with Crippen LogP contribution in [-0.4, -0.2) is 23.6 Å². The number of benzene rings is 1. The lowest BCUT2D eigenvalue weighted by molar-refractivity contribution is 0.0455. The van der Waals surface area contributed by atoms with Crippen molar-refractivity contribution in [3.8, 4) is 0 Å². The topological polar surface area (TPSA) is 29.5 Å². The molecule has 1 aliphatic heterocycles. The van der Waals surface area contributed by atoms with Gasteiger partial charge in [0.05, 0.1) is 24.6 Å². The van der Waals surface area contributed by atoms with Crippen LogP contribution in [0.1, 0.15) is 18.6 Å². The van der Waals surface area contributed by atoms with Gasteiger partial charge in [-0.1, -0.05) is 22.0 Å². The second kappa shape index (κ2) is 4.87. The van der Waals surface area contributed by atoms with Crippen LogP contribution in [0.4, 0.5) is 0 Å². The molecule has 0 bridgehead atoms. The van der Waals surface area contributed by atoms with E-state index < -0.39 is 6.10 Å². The van der Waals surface area contributed by atoms with Gasteiger partial charge in [-0.05, 0) is 24.6 Å². The van der Waals surface area contributed by atoms with E-state index in [-0.39, 0.29) is 0 Å². The van der Waals surface area contributed by atoms with Gasteiger partial charge in [0.1, 0.15) is 0 Å². The van der Waals surface area contributed by atoms with Crippen molar-refractivity contribution in [1.82, 2.24) is 0 Å². The molecule has 1 heterocycles. The lowest BCUT2D eigenvalue weighted by Gasteiger charge is -2.25. The van der Waals surface area contributed by atoms with Crippen molar-refractivity contribution in [3.63, 3.8) is 0 Å². The van der Waals surface area contributed by atoms with Crippen molar-refractivity contribution in [2.75, 3.05) is 13.2 Å². The average molecular weight is 289 g/mol. The Hall–Kier alpha value is -0.0300. The molecule has 0 saturated carbocycles. The highest BCUT2D eigenvalue weighted by Crippen LogP contribution is 2.32. The summed E-state index contributed by atoms with van der Waals surface area (Å²) in [5.41, 5.74) is 0.934. The van der Waals surface area contributed by atoms with E-state index in [0.717, 1.165) is 23.2 Å². The van der Waals surface area contributed by atoms with E-state index in [0.29, 0.717) is 5.25 Å². The van der Waals surface area contributed by atoms with Crippen LogP contribution in [0.5, 0.6) is 0 Å². The molecule has 0 amide bonds. The summed E-state index contributed by atoms with van der Waals surface area (Å²) in [6.45, 7) is 3.47. The molecule has 1 fully saturated rings. The van der Waals surface area contributed by atoms with Gasteiger partial charge in [-0.3, -0.25) is 0 Å². The maximum Gasteiger partial charge on any atom is 0.0772 e. The molecule has 1 atom stereocenters. The van der Waals surface area contributed by atoms with Gasteiger partial charge in [0.15, 0.2) is 0 Å². The molecular weight excluding hydrogens is 276 g/mol. The van der Waals surface area contributed by atoms with Crippen molar-refractivity contribution in [1.29, 1.82) is 0 Å². The highest BCUT2D eigenvalue weighted by atomic mass is 79.9. The Morgan fingerprint density at radius 1 is 1.53 bits per heavy atom. The minimum absolute atomic E-state index is 0.425. The van der Waals surface area contributed by atoms with Crippen LogP contribution < -0.4 is 0 Å². The number of aliphatic hydroxyl groups is 1. The van der Waals surface area contributed by atoms with E-state index in [9.17, 15) is 5.11 Å². The van der Waals surface area contributed by atoms with E-state index in [1.807, 2.05) is 17.8 Å². The van der Waals surface area contributed by atoms with E-state index in [1.54, 1.807) is 6.92 Å². The SMILES string of the molecule is C[C@H](O)c1ccc(SC2COC2)cc1Br. The fourth-order valence-electron chi connectivity index (χ4n) is 1.39. The summed E-state index contributed by atoms with van der Waals surface area (Å²) in [6, 6.07) is 6.08. The Bertz CT molecular complexity index is 350. The summed E-state index contributed by atoms with van der Waals surface area (Å²) < 4.78 is 6.10. The molecule has 4 heteroatoms. The molecule has 0 spiro atoms. The Labute approximate surface area is 102 Å².